The number of aromatic nitrogens is 4. The molecular formula is C21H23N5O4S. The number of amides is 1. The second kappa shape index (κ2) is 8.84. The zero-order valence-corrected chi connectivity index (χ0v) is 18.5. The Morgan fingerprint density at radius 3 is 2.71 bits per heavy atom. The summed E-state index contributed by atoms with van der Waals surface area (Å²) in [6, 6.07) is 7.26. The third kappa shape index (κ3) is 4.15. The first-order chi connectivity index (χ1) is 15.0. The van der Waals surface area contributed by atoms with Crippen LogP contribution in [0.1, 0.15) is 24.9 Å². The molecule has 1 amide bonds. The minimum atomic E-state index is -0.354. The van der Waals surface area contributed by atoms with Gasteiger partial charge in [0.15, 0.2) is 22.3 Å². The van der Waals surface area contributed by atoms with Crippen molar-refractivity contribution in [2.45, 2.75) is 37.2 Å². The molecule has 3 aromatic heterocycles. The first kappa shape index (κ1) is 21.0. The van der Waals surface area contributed by atoms with Gasteiger partial charge >= 0.3 is 0 Å². The minimum absolute atomic E-state index is 0.0944. The normalized spacial score (nSPS) is 12.3. The standard InChI is InChI=1S/C21H23N5O4S/c1-5-18(20(27)22-11-13-7-6-8-30-13)31-21-24-15-10-17(29-4)16(28-3)9-14(15)19-23-12(2)25-26(19)21/h6-10,18H,5,11H2,1-4H3,(H,22,27)/t18-/m0/s1. The molecule has 4 rings (SSSR count). The van der Waals surface area contributed by atoms with Crippen molar-refractivity contribution < 1.29 is 18.7 Å². The molecule has 1 atom stereocenters. The highest BCUT2D eigenvalue weighted by atomic mass is 32.2. The van der Waals surface area contributed by atoms with Crippen LogP contribution in [0.4, 0.5) is 0 Å². The largest absolute Gasteiger partial charge is 0.493 e. The van der Waals surface area contributed by atoms with Gasteiger partial charge in [-0.15, -0.1) is 5.10 Å². The number of nitrogens with one attached hydrogen (secondary N) is 1. The summed E-state index contributed by atoms with van der Waals surface area (Å²) < 4.78 is 17.8. The summed E-state index contributed by atoms with van der Waals surface area (Å²) in [4.78, 5) is 22.1. The molecule has 0 fully saturated rings. The van der Waals surface area contributed by atoms with Crippen molar-refractivity contribution in [2.24, 2.45) is 0 Å². The highest BCUT2D eigenvalue weighted by Crippen LogP contribution is 2.35. The third-order valence-corrected chi connectivity index (χ3v) is 6.09. The first-order valence-electron chi connectivity index (χ1n) is 9.79. The predicted molar refractivity (Wildman–Crippen MR) is 117 cm³/mol. The summed E-state index contributed by atoms with van der Waals surface area (Å²) in [7, 11) is 3.16. The summed E-state index contributed by atoms with van der Waals surface area (Å²) in [6.45, 7) is 4.12. The fourth-order valence-corrected chi connectivity index (χ4v) is 4.23. The van der Waals surface area contributed by atoms with Crippen LogP contribution in [0.2, 0.25) is 0 Å². The Hall–Kier alpha value is -3.27. The molecule has 0 radical (unpaired) electrons. The molecular weight excluding hydrogens is 418 g/mol. The van der Waals surface area contributed by atoms with Gasteiger partial charge in [0.1, 0.15) is 11.6 Å². The number of aryl methyl sites for hydroxylation is 1. The van der Waals surface area contributed by atoms with Crippen molar-refractivity contribution in [3.63, 3.8) is 0 Å². The Morgan fingerprint density at radius 1 is 1.26 bits per heavy atom. The maximum Gasteiger partial charge on any atom is 0.233 e. The smallest absolute Gasteiger partial charge is 0.233 e. The van der Waals surface area contributed by atoms with E-state index < -0.39 is 0 Å². The van der Waals surface area contributed by atoms with E-state index in [0.29, 0.717) is 52.4 Å². The van der Waals surface area contributed by atoms with Crippen LogP contribution >= 0.6 is 11.8 Å². The number of hydrogen-bond donors (Lipinski definition) is 1. The van der Waals surface area contributed by atoms with Crippen molar-refractivity contribution >= 4 is 34.2 Å². The van der Waals surface area contributed by atoms with E-state index in [9.17, 15) is 4.79 Å². The van der Waals surface area contributed by atoms with Crippen molar-refractivity contribution in [2.75, 3.05) is 14.2 Å². The van der Waals surface area contributed by atoms with Crippen molar-refractivity contribution in [1.29, 1.82) is 0 Å². The van der Waals surface area contributed by atoms with Gasteiger partial charge in [-0.1, -0.05) is 18.7 Å². The van der Waals surface area contributed by atoms with E-state index in [1.165, 1.54) is 11.8 Å². The molecule has 0 bridgehead atoms. The molecule has 0 aliphatic rings. The van der Waals surface area contributed by atoms with Crippen LogP contribution in [0.15, 0.2) is 40.1 Å². The summed E-state index contributed by atoms with van der Waals surface area (Å²) in [5.41, 5.74) is 1.34. The molecule has 0 aliphatic heterocycles. The zero-order valence-electron chi connectivity index (χ0n) is 17.7. The third-order valence-electron chi connectivity index (χ3n) is 4.78. The van der Waals surface area contributed by atoms with Crippen molar-refractivity contribution in [3.05, 3.63) is 42.1 Å². The van der Waals surface area contributed by atoms with E-state index in [4.69, 9.17) is 18.9 Å². The Morgan fingerprint density at radius 2 is 2.03 bits per heavy atom. The number of carbonyl (C=O) groups is 1. The number of nitrogens with zero attached hydrogens (tertiary/aromatic N) is 4. The van der Waals surface area contributed by atoms with Crippen LogP contribution in [0, 0.1) is 6.92 Å². The summed E-state index contributed by atoms with van der Waals surface area (Å²) in [6.07, 6.45) is 2.20. The molecule has 0 saturated carbocycles. The number of thioether (sulfide) groups is 1. The number of ether oxygens (including phenoxy) is 2. The average molecular weight is 442 g/mol. The fourth-order valence-electron chi connectivity index (χ4n) is 3.24. The summed E-state index contributed by atoms with van der Waals surface area (Å²) >= 11 is 1.35. The Balaban J connectivity index is 1.70. The molecule has 4 aromatic rings. The molecule has 1 N–H and O–H groups in total. The van der Waals surface area contributed by atoms with Crippen LogP contribution in [-0.4, -0.2) is 45.0 Å². The van der Waals surface area contributed by atoms with Crippen molar-refractivity contribution in [3.8, 4) is 11.5 Å². The SMILES string of the molecule is CC[C@H](Sc1nc2cc(OC)c(OC)cc2c2nc(C)nn12)C(=O)NCc1ccco1. The van der Waals surface area contributed by atoms with Gasteiger partial charge in [0.2, 0.25) is 5.91 Å². The topological polar surface area (TPSA) is 104 Å². The van der Waals surface area contributed by atoms with E-state index in [1.807, 2.05) is 26.0 Å². The highest BCUT2D eigenvalue weighted by molar-refractivity contribution is 8.00. The van der Waals surface area contributed by atoms with Gasteiger partial charge in [0, 0.05) is 11.5 Å². The Bertz CT molecular complexity index is 1220. The van der Waals surface area contributed by atoms with Crippen LogP contribution < -0.4 is 14.8 Å². The molecule has 0 spiro atoms. The lowest BCUT2D eigenvalue weighted by Gasteiger charge is -2.15. The number of furan rings is 1. The molecule has 9 nitrogen and oxygen atoms in total. The Labute approximate surface area is 183 Å². The highest BCUT2D eigenvalue weighted by Gasteiger charge is 2.23. The molecule has 1 aromatic carbocycles. The molecule has 162 valence electrons. The number of carbonyl (C=O) groups excluding carboxylic acids is 1. The lowest BCUT2D eigenvalue weighted by molar-refractivity contribution is -0.120. The van der Waals surface area contributed by atoms with Gasteiger partial charge in [-0.05, 0) is 31.5 Å². The van der Waals surface area contributed by atoms with Crippen molar-refractivity contribution in [1.82, 2.24) is 24.9 Å². The number of methoxy groups -OCH3 is 2. The zero-order chi connectivity index (χ0) is 22.0. The van der Waals surface area contributed by atoms with Gasteiger partial charge in [0.25, 0.3) is 0 Å². The molecule has 10 heteroatoms. The lowest BCUT2D eigenvalue weighted by Crippen LogP contribution is -2.32. The number of fused-ring (bicyclic) bond motifs is 3. The Kier molecular flexibility index (Phi) is 5.99. The van der Waals surface area contributed by atoms with Crippen LogP contribution in [0.3, 0.4) is 0 Å². The maximum atomic E-state index is 12.8. The number of rotatable bonds is 8. The van der Waals surface area contributed by atoms with Gasteiger partial charge in [0.05, 0.1) is 37.8 Å². The second-order valence-corrected chi connectivity index (χ2v) is 7.99. The van der Waals surface area contributed by atoms with E-state index in [0.717, 1.165) is 5.39 Å². The molecule has 0 saturated heterocycles. The quantitative estimate of drug-likeness (QED) is 0.328. The minimum Gasteiger partial charge on any atom is -0.493 e. The summed E-state index contributed by atoms with van der Waals surface area (Å²) in [5.74, 6) is 2.38. The van der Waals surface area contributed by atoms with Crippen LogP contribution in [0.5, 0.6) is 11.5 Å². The average Bonchev–Trinajstić information content (AvgIpc) is 3.44. The van der Waals surface area contributed by atoms with E-state index in [2.05, 4.69) is 15.4 Å². The lowest BCUT2D eigenvalue weighted by atomic mass is 10.2. The molecule has 3 heterocycles. The predicted octanol–water partition coefficient (Wildman–Crippen LogP) is 3.38. The van der Waals surface area contributed by atoms with Crippen LogP contribution in [0.25, 0.3) is 16.6 Å². The molecule has 0 unspecified atom stereocenters. The first-order valence-corrected chi connectivity index (χ1v) is 10.7. The second-order valence-electron chi connectivity index (χ2n) is 6.83. The van der Waals surface area contributed by atoms with Gasteiger partial charge in [-0.2, -0.15) is 4.52 Å². The van der Waals surface area contributed by atoms with Gasteiger partial charge in [-0.25, -0.2) is 9.97 Å². The van der Waals surface area contributed by atoms with Crippen LogP contribution in [-0.2, 0) is 11.3 Å². The number of hydrogen-bond acceptors (Lipinski definition) is 8. The van der Waals surface area contributed by atoms with Gasteiger partial charge < -0.3 is 19.2 Å². The van der Waals surface area contributed by atoms with E-state index in [-0.39, 0.29) is 11.2 Å². The van der Waals surface area contributed by atoms with E-state index >= 15 is 0 Å². The maximum absolute atomic E-state index is 12.8. The fraction of sp³-hybridized carbons (Fsp3) is 0.333. The molecule has 31 heavy (non-hydrogen) atoms. The van der Waals surface area contributed by atoms with Gasteiger partial charge in [-0.3, -0.25) is 4.79 Å². The van der Waals surface area contributed by atoms with E-state index in [1.54, 1.807) is 37.1 Å². The number of benzene rings is 1. The monoisotopic (exact) mass is 441 g/mol. The summed E-state index contributed by atoms with van der Waals surface area (Å²) in [5, 5.41) is 8.43. The molecule has 0 aliphatic carbocycles.